The lowest BCUT2D eigenvalue weighted by Gasteiger charge is -2.19. The van der Waals surface area contributed by atoms with E-state index in [1.807, 2.05) is 4.90 Å². The first-order valence-corrected chi connectivity index (χ1v) is 9.02. The van der Waals surface area contributed by atoms with Crippen molar-refractivity contribution in [2.75, 3.05) is 6.54 Å². The molecule has 1 fully saturated rings. The molecule has 0 spiro atoms. The molecule has 2 aliphatic rings. The highest BCUT2D eigenvalue weighted by Gasteiger charge is 2.20. The fourth-order valence-corrected chi connectivity index (χ4v) is 4.03. The molecule has 3 heteroatoms. The lowest BCUT2D eigenvalue weighted by atomic mass is 9.90. The molecule has 0 radical (unpaired) electrons. The van der Waals surface area contributed by atoms with Crippen LogP contribution in [-0.2, 0) is 17.8 Å². The van der Waals surface area contributed by atoms with Gasteiger partial charge in [0.15, 0.2) is 0 Å². The molecule has 3 rings (SSSR count). The second kappa shape index (κ2) is 6.95. The van der Waals surface area contributed by atoms with E-state index in [2.05, 4.69) is 52.9 Å². The molecule has 1 aromatic rings. The SMILES string of the molecule is O=C1CCCN1Cc1ccc(CC2C=CCCC2)cc1I. The van der Waals surface area contributed by atoms with Gasteiger partial charge in [-0.05, 0) is 77.8 Å². The summed E-state index contributed by atoms with van der Waals surface area (Å²) in [6.45, 7) is 1.70. The number of hydrogen-bond donors (Lipinski definition) is 0. The summed E-state index contributed by atoms with van der Waals surface area (Å²) in [6.07, 6.45) is 11.5. The van der Waals surface area contributed by atoms with E-state index in [1.165, 1.54) is 34.0 Å². The molecule has 0 N–H and O–H groups in total. The largest absolute Gasteiger partial charge is 0.338 e. The van der Waals surface area contributed by atoms with Gasteiger partial charge in [0.2, 0.25) is 5.91 Å². The molecule has 1 unspecified atom stereocenters. The smallest absolute Gasteiger partial charge is 0.222 e. The Morgan fingerprint density at radius 3 is 2.86 bits per heavy atom. The van der Waals surface area contributed by atoms with E-state index < -0.39 is 0 Å². The first kappa shape index (κ1) is 15.1. The van der Waals surface area contributed by atoms with E-state index in [4.69, 9.17) is 0 Å². The van der Waals surface area contributed by atoms with Crippen molar-refractivity contribution in [1.82, 2.24) is 4.90 Å². The lowest BCUT2D eigenvalue weighted by molar-refractivity contribution is -0.128. The third-order valence-electron chi connectivity index (χ3n) is 4.50. The van der Waals surface area contributed by atoms with Crippen LogP contribution >= 0.6 is 22.6 Å². The van der Waals surface area contributed by atoms with E-state index in [0.717, 1.165) is 32.4 Å². The Morgan fingerprint density at radius 2 is 2.19 bits per heavy atom. The van der Waals surface area contributed by atoms with E-state index in [-0.39, 0.29) is 0 Å². The number of likely N-dealkylation sites (tertiary alicyclic amines) is 1. The fourth-order valence-electron chi connectivity index (χ4n) is 3.28. The molecule has 1 aliphatic carbocycles. The lowest BCUT2D eigenvalue weighted by Crippen LogP contribution is -2.24. The Bertz CT molecular complexity index is 552. The molecule has 1 aliphatic heterocycles. The van der Waals surface area contributed by atoms with Gasteiger partial charge < -0.3 is 4.90 Å². The van der Waals surface area contributed by atoms with Gasteiger partial charge in [-0.15, -0.1) is 0 Å². The summed E-state index contributed by atoms with van der Waals surface area (Å²) in [4.78, 5) is 13.7. The van der Waals surface area contributed by atoms with Gasteiger partial charge in [0, 0.05) is 23.1 Å². The van der Waals surface area contributed by atoms with Crippen LogP contribution in [0.5, 0.6) is 0 Å². The van der Waals surface area contributed by atoms with Crippen molar-refractivity contribution >= 4 is 28.5 Å². The van der Waals surface area contributed by atoms with Crippen molar-refractivity contribution in [3.63, 3.8) is 0 Å². The summed E-state index contributed by atoms with van der Waals surface area (Å²) >= 11 is 2.42. The van der Waals surface area contributed by atoms with Crippen LogP contribution in [0.1, 0.15) is 43.2 Å². The normalized spacial score (nSPS) is 22.0. The fraction of sp³-hybridized carbons (Fsp3) is 0.500. The number of carbonyl (C=O) groups excluding carboxylic acids is 1. The van der Waals surface area contributed by atoms with Crippen LogP contribution < -0.4 is 0 Å². The maximum Gasteiger partial charge on any atom is 0.222 e. The van der Waals surface area contributed by atoms with Crippen LogP contribution in [0.25, 0.3) is 0 Å². The van der Waals surface area contributed by atoms with Crippen LogP contribution in [0, 0.1) is 9.49 Å². The van der Waals surface area contributed by atoms with Crippen molar-refractivity contribution < 1.29 is 4.79 Å². The van der Waals surface area contributed by atoms with E-state index in [1.54, 1.807) is 0 Å². The summed E-state index contributed by atoms with van der Waals surface area (Å²) in [5, 5.41) is 0. The standard InChI is InChI=1S/C18H22INO/c19-17-12-15(11-14-5-2-1-3-6-14)8-9-16(17)13-20-10-4-7-18(20)21/h2,5,8-9,12,14H,1,3-4,6-7,10-11,13H2. The summed E-state index contributed by atoms with van der Waals surface area (Å²) in [5.74, 6) is 1.02. The molecule has 112 valence electrons. The molecule has 1 atom stereocenters. The minimum absolute atomic E-state index is 0.308. The number of halogens is 1. The molecule has 1 aromatic carbocycles. The van der Waals surface area contributed by atoms with Gasteiger partial charge >= 0.3 is 0 Å². The van der Waals surface area contributed by atoms with E-state index >= 15 is 0 Å². The summed E-state index contributed by atoms with van der Waals surface area (Å²) < 4.78 is 1.30. The Hall–Kier alpha value is -0.840. The average Bonchev–Trinajstić information content (AvgIpc) is 2.88. The Balaban J connectivity index is 1.66. The molecule has 1 heterocycles. The summed E-state index contributed by atoms with van der Waals surface area (Å²) in [5.41, 5.74) is 2.71. The topological polar surface area (TPSA) is 20.3 Å². The van der Waals surface area contributed by atoms with Crippen LogP contribution in [0.3, 0.4) is 0 Å². The molecule has 1 amide bonds. The van der Waals surface area contributed by atoms with Crippen molar-refractivity contribution in [2.45, 2.75) is 45.1 Å². The Morgan fingerprint density at radius 1 is 1.29 bits per heavy atom. The van der Waals surface area contributed by atoms with Gasteiger partial charge in [0.25, 0.3) is 0 Å². The third kappa shape index (κ3) is 3.87. The van der Waals surface area contributed by atoms with Crippen LogP contribution in [0.2, 0.25) is 0 Å². The minimum atomic E-state index is 0.308. The second-order valence-electron chi connectivity index (χ2n) is 6.17. The number of amides is 1. The van der Waals surface area contributed by atoms with Gasteiger partial charge in [-0.2, -0.15) is 0 Å². The molecule has 21 heavy (non-hydrogen) atoms. The van der Waals surface area contributed by atoms with Crippen LogP contribution in [-0.4, -0.2) is 17.4 Å². The Labute approximate surface area is 140 Å². The zero-order valence-corrected chi connectivity index (χ0v) is 14.5. The second-order valence-corrected chi connectivity index (χ2v) is 7.33. The number of carbonyl (C=O) groups is 1. The average molecular weight is 395 g/mol. The van der Waals surface area contributed by atoms with Gasteiger partial charge in [0.1, 0.15) is 0 Å². The van der Waals surface area contributed by atoms with Crippen LogP contribution in [0.4, 0.5) is 0 Å². The number of nitrogens with zero attached hydrogens (tertiary/aromatic N) is 1. The van der Waals surface area contributed by atoms with Crippen molar-refractivity contribution in [1.29, 1.82) is 0 Å². The number of rotatable bonds is 4. The summed E-state index contributed by atoms with van der Waals surface area (Å²) in [6, 6.07) is 6.77. The highest BCUT2D eigenvalue weighted by molar-refractivity contribution is 14.1. The van der Waals surface area contributed by atoms with Gasteiger partial charge in [-0.25, -0.2) is 0 Å². The molecule has 2 nitrogen and oxygen atoms in total. The monoisotopic (exact) mass is 395 g/mol. The molecule has 0 aromatic heterocycles. The number of benzene rings is 1. The van der Waals surface area contributed by atoms with Crippen molar-refractivity contribution in [3.05, 3.63) is 45.0 Å². The number of hydrogen-bond acceptors (Lipinski definition) is 1. The van der Waals surface area contributed by atoms with Crippen molar-refractivity contribution in [3.8, 4) is 0 Å². The van der Waals surface area contributed by atoms with E-state index in [9.17, 15) is 4.79 Å². The maximum absolute atomic E-state index is 11.7. The molecule has 0 bridgehead atoms. The predicted octanol–water partition coefficient (Wildman–Crippen LogP) is 4.31. The van der Waals surface area contributed by atoms with Gasteiger partial charge in [-0.3, -0.25) is 4.79 Å². The minimum Gasteiger partial charge on any atom is -0.338 e. The van der Waals surface area contributed by atoms with Gasteiger partial charge in [-0.1, -0.05) is 24.3 Å². The summed E-state index contributed by atoms with van der Waals surface area (Å²) in [7, 11) is 0. The van der Waals surface area contributed by atoms with Crippen molar-refractivity contribution in [2.24, 2.45) is 5.92 Å². The Kier molecular flexibility index (Phi) is 4.99. The molecular formula is C18H22INO. The zero-order chi connectivity index (χ0) is 14.7. The highest BCUT2D eigenvalue weighted by Crippen LogP contribution is 2.24. The zero-order valence-electron chi connectivity index (χ0n) is 12.4. The molecular weight excluding hydrogens is 373 g/mol. The quantitative estimate of drug-likeness (QED) is 0.550. The first-order valence-electron chi connectivity index (χ1n) is 7.94. The third-order valence-corrected chi connectivity index (χ3v) is 5.51. The highest BCUT2D eigenvalue weighted by atomic mass is 127. The van der Waals surface area contributed by atoms with Crippen LogP contribution in [0.15, 0.2) is 30.4 Å². The predicted molar refractivity (Wildman–Crippen MR) is 94.0 cm³/mol. The maximum atomic E-state index is 11.7. The number of allylic oxidation sites excluding steroid dienone is 2. The molecule has 0 saturated carbocycles. The molecule has 1 saturated heterocycles. The first-order chi connectivity index (χ1) is 10.2. The van der Waals surface area contributed by atoms with E-state index in [0.29, 0.717) is 11.8 Å². The van der Waals surface area contributed by atoms with Gasteiger partial charge in [0.05, 0.1) is 0 Å².